The van der Waals surface area contributed by atoms with Gasteiger partial charge < -0.3 is 0 Å². The topological polar surface area (TPSA) is 63.8 Å². The summed E-state index contributed by atoms with van der Waals surface area (Å²) >= 11 is 5.10. The first kappa shape index (κ1) is 11.7. The lowest BCUT2D eigenvalue weighted by Crippen LogP contribution is -2.29. The summed E-state index contributed by atoms with van der Waals surface area (Å²) in [5.41, 5.74) is 5.53. The number of aromatic nitrogens is 2. The molecule has 1 unspecified atom stereocenters. The first-order chi connectivity index (χ1) is 7.72. The molecule has 2 heterocycles. The number of hydrazine groups is 1. The van der Waals surface area contributed by atoms with E-state index in [-0.39, 0.29) is 6.04 Å². The van der Waals surface area contributed by atoms with E-state index in [4.69, 9.17) is 5.84 Å². The third kappa shape index (κ3) is 2.30. The van der Waals surface area contributed by atoms with E-state index >= 15 is 0 Å². The van der Waals surface area contributed by atoms with Crippen LogP contribution < -0.4 is 11.3 Å². The Hall–Kier alpha value is -0.820. The molecular weight excluding hydrogens is 288 g/mol. The quantitative estimate of drug-likeness (QED) is 0.673. The number of halogens is 1. The molecule has 0 saturated carbocycles. The van der Waals surface area contributed by atoms with Gasteiger partial charge in [-0.05, 0) is 28.2 Å². The van der Waals surface area contributed by atoms with E-state index < -0.39 is 0 Å². The van der Waals surface area contributed by atoms with Crippen LogP contribution in [0, 0.1) is 6.92 Å². The van der Waals surface area contributed by atoms with Gasteiger partial charge in [-0.1, -0.05) is 0 Å². The van der Waals surface area contributed by atoms with Gasteiger partial charge in [-0.25, -0.2) is 5.43 Å². The summed E-state index contributed by atoms with van der Waals surface area (Å²) in [5.74, 6) is 5.57. The fraction of sp³-hybridized carbons (Fsp3) is 0.200. The second-order valence-electron chi connectivity index (χ2n) is 3.36. The molecule has 4 nitrogen and oxygen atoms in total. The smallest absolute Gasteiger partial charge is 0.0915 e. The number of nitrogens with one attached hydrogen (secondary N) is 1. The molecule has 84 valence electrons. The van der Waals surface area contributed by atoms with Crippen molar-refractivity contribution in [2.24, 2.45) is 5.84 Å². The van der Waals surface area contributed by atoms with Crippen LogP contribution in [0.1, 0.15) is 23.0 Å². The minimum atomic E-state index is -0.131. The Morgan fingerprint density at radius 1 is 1.38 bits per heavy atom. The second kappa shape index (κ2) is 5.01. The van der Waals surface area contributed by atoms with Gasteiger partial charge in [0.15, 0.2) is 0 Å². The highest BCUT2D eigenvalue weighted by atomic mass is 79.9. The van der Waals surface area contributed by atoms with Crippen molar-refractivity contribution in [1.82, 2.24) is 15.4 Å². The van der Waals surface area contributed by atoms with Crippen LogP contribution in [0.2, 0.25) is 0 Å². The molecular formula is C10H11BrN4S. The third-order valence-corrected chi connectivity index (χ3v) is 3.97. The number of rotatable bonds is 3. The van der Waals surface area contributed by atoms with Crippen LogP contribution in [0.3, 0.4) is 0 Å². The van der Waals surface area contributed by atoms with E-state index in [1.807, 2.05) is 17.7 Å². The molecule has 0 aliphatic heterocycles. The molecule has 16 heavy (non-hydrogen) atoms. The van der Waals surface area contributed by atoms with Crippen molar-refractivity contribution in [2.75, 3.05) is 0 Å². The highest BCUT2D eigenvalue weighted by molar-refractivity contribution is 9.10. The molecule has 0 aliphatic carbocycles. The maximum Gasteiger partial charge on any atom is 0.0915 e. The molecule has 0 bridgehead atoms. The van der Waals surface area contributed by atoms with Crippen molar-refractivity contribution in [2.45, 2.75) is 13.0 Å². The van der Waals surface area contributed by atoms with Gasteiger partial charge in [0.1, 0.15) is 0 Å². The van der Waals surface area contributed by atoms with Crippen LogP contribution in [-0.2, 0) is 0 Å². The monoisotopic (exact) mass is 298 g/mol. The van der Waals surface area contributed by atoms with E-state index in [9.17, 15) is 0 Å². The second-order valence-corrected chi connectivity index (χ2v) is 4.96. The van der Waals surface area contributed by atoms with E-state index in [0.717, 1.165) is 21.4 Å². The van der Waals surface area contributed by atoms with Crippen molar-refractivity contribution in [3.8, 4) is 0 Å². The molecule has 0 saturated heterocycles. The molecule has 2 aromatic heterocycles. The lowest BCUT2D eigenvalue weighted by Gasteiger charge is -2.14. The minimum Gasteiger partial charge on any atom is -0.271 e. The van der Waals surface area contributed by atoms with Crippen LogP contribution in [0.15, 0.2) is 27.6 Å². The summed E-state index contributed by atoms with van der Waals surface area (Å²) in [5, 5.41) is 4.05. The van der Waals surface area contributed by atoms with Crippen LogP contribution >= 0.6 is 27.3 Å². The van der Waals surface area contributed by atoms with Crippen molar-refractivity contribution in [3.05, 3.63) is 44.6 Å². The van der Waals surface area contributed by atoms with Gasteiger partial charge in [-0.2, -0.15) is 11.3 Å². The van der Waals surface area contributed by atoms with Crippen LogP contribution in [0.5, 0.6) is 0 Å². The molecule has 0 aromatic carbocycles. The lowest BCUT2D eigenvalue weighted by molar-refractivity contribution is 0.616. The van der Waals surface area contributed by atoms with Crippen molar-refractivity contribution in [1.29, 1.82) is 0 Å². The minimum absolute atomic E-state index is 0.131. The Morgan fingerprint density at radius 3 is 2.69 bits per heavy atom. The van der Waals surface area contributed by atoms with Gasteiger partial charge in [-0.15, -0.1) is 0 Å². The van der Waals surface area contributed by atoms with Crippen LogP contribution in [-0.4, -0.2) is 9.97 Å². The molecule has 0 amide bonds. The number of hydrogen-bond acceptors (Lipinski definition) is 5. The molecule has 0 fully saturated rings. The standard InChI is InChI=1S/C10H11BrN4S/c1-6-2-14-9(3-13-6)10(15-12)7-4-16-5-8(7)11/h2-5,10,15H,12H2,1H3. The molecule has 0 spiro atoms. The maximum atomic E-state index is 5.57. The largest absolute Gasteiger partial charge is 0.271 e. The van der Waals surface area contributed by atoms with Gasteiger partial charge in [0.2, 0.25) is 0 Å². The van der Waals surface area contributed by atoms with Gasteiger partial charge in [0.05, 0.1) is 23.6 Å². The van der Waals surface area contributed by atoms with Crippen molar-refractivity contribution < 1.29 is 0 Å². The van der Waals surface area contributed by atoms with E-state index in [1.54, 1.807) is 23.7 Å². The van der Waals surface area contributed by atoms with Crippen LogP contribution in [0.25, 0.3) is 0 Å². The van der Waals surface area contributed by atoms with Crippen molar-refractivity contribution >= 4 is 27.3 Å². The third-order valence-electron chi connectivity index (χ3n) is 2.22. The molecule has 2 rings (SSSR count). The molecule has 2 aromatic rings. The zero-order valence-electron chi connectivity index (χ0n) is 8.64. The fourth-order valence-electron chi connectivity index (χ4n) is 1.38. The zero-order valence-corrected chi connectivity index (χ0v) is 11.0. The Labute approximate surface area is 106 Å². The number of hydrogen-bond donors (Lipinski definition) is 2. The SMILES string of the molecule is Cc1cnc(C(NN)c2cscc2Br)cn1. The fourth-order valence-corrected chi connectivity index (χ4v) is 2.94. The Kier molecular flexibility index (Phi) is 3.65. The number of nitrogens with two attached hydrogens (primary N) is 1. The lowest BCUT2D eigenvalue weighted by atomic mass is 10.1. The van der Waals surface area contributed by atoms with E-state index in [2.05, 4.69) is 31.3 Å². The Morgan fingerprint density at radius 2 is 2.19 bits per heavy atom. The summed E-state index contributed by atoms with van der Waals surface area (Å²) in [6, 6.07) is -0.131. The number of thiophene rings is 1. The van der Waals surface area contributed by atoms with Gasteiger partial charge in [-0.3, -0.25) is 15.8 Å². The first-order valence-corrected chi connectivity index (χ1v) is 6.42. The highest BCUT2D eigenvalue weighted by Crippen LogP contribution is 2.29. The van der Waals surface area contributed by atoms with Gasteiger partial charge in [0, 0.05) is 21.6 Å². The van der Waals surface area contributed by atoms with Crippen molar-refractivity contribution in [3.63, 3.8) is 0 Å². The highest BCUT2D eigenvalue weighted by Gasteiger charge is 2.17. The van der Waals surface area contributed by atoms with E-state index in [1.165, 1.54) is 0 Å². The number of nitrogens with zero attached hydrogens (tertiary/aromatic N) is 2. The molecule has 3 N–H and O–H groups in total. The normalized spacial score (nSPS) is 12.7. The van der Waals surface area contributed by atoms with Gasteiger partial charge in [0.25, 0.3) is 0 Å². The zero-order chi connectivity index (χ0) is 11.5. The predicted molar refractivity (Wildman–Crippen MR) is 68.0 cm³/mol. The summed E-state index contributed by atoms with van der Waals surface area (Å²) < 4.78 is 1.03. The number of aryl methyl sites for hydroxylation is 1. The molecule has 0 aliphatic rings. The van der Waals surface area contributed by atoms with Crippen LogP contribution in [0.4, 0.5) is 0 Å². The summed E-state index contributed by atoms with van der Waals surface area (Å²) in [4.78, 5) is 8.54. The first-order valence-electron chi connectivity index (χ1n) is 4.68. The average Bonchev–Trinajstić information content (AvgIpc) is 2.69. The summed E-state index contributed by atoms with van der Waals surface area (Å²) in [7, 11) is 0. The van der Waals surface area contributed by atoms with Gasteiger partial charge >= 0.3 is 0 Å². The summed E-state index contributed by atoms with van der Waals surface area (Å²) in [6.07, 6.45) is 3.48. The Bertz CT molecular complexity index is 468. The molecule has 6 heteroatoms. The Balaban J connectivity index is 2.37. The molecule has 1 atom stereocenters. The molecule has 0 radical (unpaired) electrons. The predicted octanol–water partition coefficient (Wildman–Crippen LogP) is 2.16. The average molecular weight is 299 g/mol. The van der Waals surface area contributed by atoms with E-state index in [0.29, 0.717) is 0 Å². The maximum absolute atomic E-state index is 5.57. The summed E-state index contributed by atoms with van der Waals surface area (Å²) in [6.45, 7) is 1.90.